The van der Waals surface area contributed by atoms with E-state index in [-0.39, 0.29) is 24.7 Å². The van der Waals surface area contributed by atoms with Crippen molar-refractivity contribution in [2.75, 3.05) is 25.5 Å². The van der Waals surface area contributed by atoms with Crippen molar-refractivity contribution >= 4 is 11.7 Å². The van der Waals surface area contributed by atoms with Crippen LogP contribution in [-0.4, -0.2) is 42.3 Å². The molecular formula is C9H12F2N4O2. The number of nitrogen functional groups attached to an aromatic ring is 1. The minimum absolute atomic E-state index is 0.0124. The molecule has 0 bridgehead atoms. The first-order valence-corrected chi connectivity index (χ1v) is 4.83. The van der Waals surface area contributed by atoms with E-state index in [0.29, 0.717) is 0 Å². The number of hydrogen-bond acceptors (Lipinski definition) is 5. The number of aromatic nitrogens is 2. The van der Waals surface area contributed by atoms with Crippen LogP contribution in [0.4, 0.5) is 14.6 Å². The Labute approximate surface area is 96.2 Å². The second-order valence-electron chi connectivity index (χ2n) is 3.07. The van der Waals surface area contributed by atoms with Gasteiger partial charge in [-0.25, -0.2) is 8.78 Å². The SMILES string of the molecule is Nc1ccc(C(=O)NCCOCC(F)F)nn1. The van der Waals surface area contributed by atoms with Gasteiger partial charge in [0.15, 0.2) is 5.69 Å². The van der Waals surface area contributed by atoms with Crippen LogP contribution in [0.2, 0.25) is 0 Å². The van der Waals surface area contributed by atoms with E-state index in [1.165, 1.54) is 12.1 Å². The lowest BCUT2D eigenvalue weighted by molar-refractivity contribution is 0.0188. The first kappa shape index (κ1) is 13.2. The lowest BCUT2D eigenvalue weighted by Gasteiger charge is -2.05. The summed E-state index contributed by atoms with van der Waals surface area (Å²) in [6.07, 6.45) is -2.51. The number of amides is 1. The molecule has 0 aliphatic rings. The zero-order valence-electron chi connectivity index (χ0n) is 8.90. The van der Waals surface area contributed by atoms with Gasteiger partial charge in [0, 0.05) is 6.54 Å². The number of nitrogens with zero attached hydrogens (tertiary/aromatic N) is 2. The molecule has 1 heterocycles. The molecule has 0 saturated carbocycles. The zero-order chi connectivity index (χ0) is 12.7. The molecule has 0 spiro atoms. The lowest BCUT2D eigenvalue weighted by atomic mass is 10.3. The fraction of sp³-hybridized carbons (Fsp3) is 0.444. The Kier molecular flexibility index (Phi) is 5.21. The summed E-state index contributed by atoms with van der Waals surface area (Å²) in [6, 6.07) is 2.85. The number of nitrogens with two attached hydrogens (primary N) is 1. The van der Waals surface area contributed by atoms with Crippen molar-refractivity contribution < 1.29 is 18.3 Å². The van der Waals surface area contributed by atoms with E-state index in [2.05, 4.69) is 20.3 Å². The average Bonchev–Trinajstić information content (AvgIpc) is 2.29. The highest BCUT2D eigenvalue weighted by molar-refractivity contribution is 5.92. The number of ether oxygens (including phenoxy) is 1. The number of hydrogen-bond donors (Lipinski definition) is 2. The van der Waals surface area contributed by atoms with Gasteiger partial charge in [0.2, 0.25) is 0 Å². The van der Waals surface area contributed by atoms with Crippen molar-refractivity contribution in [3.63, 3.8) is 0 Å². The van der Waals surface area contributed by atoms with Gasteiger partial charge in [-0.05, 0) is 12.1 Å². The summed E-state index contributed by atoms with van der Waals surface area (Å²) >= 11 is 0. The van der Waals surface area contributed by atoms with Crippen molar-refractivity contribution in [2.45, 2.75) is 6.43 Å². The van der Waals surface area contributed by atoms with Crippen molar-refractivity contribution in [1.82, 2.24) is 15.5 Å². The second-order valence-corrected chi connectivity index (χ2v) is 3.07. The monoisotopic (exact) mass is 246 g/mol. The van der Waals surface area contributed by atoms with Crippen LogP contribution < -0.4 is 11.1 Å². The van der Waals surface area contributed by atoms with Crippen LogP contribution in [0.1, 0.15) is 10.5 Å². The molecule has 3 N–H and O–H groups in total. The second kappa shape index (κ2) is 6.69. The fourth-order valence-electron chi connectivity index (χ4n) is 0.963. The van der Waals surface area contributed by atoms with Crippen LogP contribution in [0.5, 0.6) is 0 Å². The van der Waals surface area contributed by atoms with Crippen LogP contribution >= 0.6 is 0 Å². The first-order chi connectivity index (χ1) is 8.09. The molecule has 0 saturated heterocycles. The number of carbonyl (C=O) groups excluding carboxylic acids is 1. The molecule has 17 heavy (non-hydrogen) atoms. The minimum atomic E-state index is -2.51. The molecule has 0 radical (unpaired) electrons. The molecule has 0 aliphatic carbocycles. The largest absolute Gasteiger partial charge is 0.382 e. The smallest absolute Gasteiger partial charge is 0.271 e. The van der Waals surface area contributed by atoms with Gasteiger partial charge in [-0.2, -0.15) is 0 Å². The summed E-state index contributed by atoms with van der Waals surface area (Å²) in [5.74, 6) is -0.250. The number of nitrogens with one attached hydrogen (secondary N) is 1. The third kappa shape index (κ3) is 5.16. The van der Waals surface area contributed by atoms with E-state index >= 15 is 0 Å². The highest BCUT2D eigenvalue weighted by Crippen LogP contribution is 1.96. The highest BCUT2D eigenvalue weighted by Gasteiger charge is 2.07. The topological polar surface area (TPSA) is 90.1 Å². The maximum atomic E-state index is 11.7. The Bertz CT molecular complexity index is 359. The zero-order valence-corrected chi connectivity index (χ0v) is 8.90. The van der Waals surface area contributed by atoms with Crippen LogP contribution in [-0.2, 0) is 4.74 Å². The van der Waals surface area contributed by atoms with Crippen LogP contribution in [0, 0.1) is 0 Å². The summed E-state index contributed by atoms with van der Waals surface area (Å²) in [4.78, 5) is 11.4. The van der Waals surface area contributed by atoms with Gasteiger partial charge in [0.05, 0.1) is 6.61 Å². The van der Waals surface area contributed by atoms with Gasteiger partial charge in [-0.3, -0.25) is 4.79 Å². The Hall–Kier alpha value is -1.83. The van der Waals surface area contributed by atoms with Crippen LogP contribution in [0.3, 0.4) is 0 Å². The Morgan fingerprint density at radius 3 is 2.82 bits per heavy atom. The maximum absolute atomic E-state index is 11.7. The van der Waals surface area contributed by atoms with Gasteiger partial charge in [-0.15, -0.1) is 10.2 Å². The third-order valence-corrected chi connectivity index (χ3v) is 1.69. The molecule has 0 atom stereocenters. The molecule has 1 rings (SSSR count). The minimum Gasteiger partial charge on any atom is -0.382 e. The summed E-state index contributed by atoms with van der Waals surface area (Å²) in [7, 11) is 0. The van der Waals surface area contributed by atoms with E-state index < -0.39 is 18.9 Å². The number of carbonyl (C=O) groups is 1. The van der Waals surface area contributed by atoms with Crippen molar-refractivity contribution in [1.29, 1.82) is 0 Å². The van der Waals surface area contributed by atoms with Crippen molar-refractivity contribution in [3.05, 3.63) is 17.8 Å². The lowest BCUT2D eigenvalue weighted by Crippen LogP contribution is -2.28. The van der Waals surface area contributed by atoms with Gasteiger partial charge >= 0.3 is 0 Å². The summed E-state index contributed by atoms with van der Waals surface area (Å²) < 4.78 is 27.9. The van der Waals surface area contributed by atoms with Crippen molar-refractivity contribution in [3.8, 4) is 0 Å². The van der Waals surface area contributed by atoms with Crippen LogP contribution in [0.25, 0.3) is 0 Å². The summed E-state index contributed by atoms with van der Waals surface area (Å²) in [6.45, 7) is -0.506. The molecule has 1 amide bonds. The number of rotatable bonds is 6. The molecule has 0 unspecified atom stereocenters. The van der Waals surface area contributed by atoms with E-state index in [1.54, 1.807) is 0 Å². The van der Waals surface area contributed by atoms with Crippen LogP contribution in [0.15, 0.2) is 12.1 Å². The Morgan fingerprint density at radius 2 is 2.24 bits per heavy atom. The average molecular weight is 246 g/mol. The standard InChI is InChI=1S/C9H12F2N4O2/c10-7(11)5-17-4-3-13-9(16)6-1-2-8(12)15-14-6/h1-2,7H,3-5H2,(H2,12,15)(H,13,16). The molecular weight excluding hydrogens is 234 g/mol. The van der Waals surface area contributed by atoms with Gasteiger partial charge in [-0.1, -0.05) is 0 Å². The predicted molar refractivity (Wildman–Crippen MR) is 55.6 cm³/mol. The summed E-state index contributed by atoms with van der Waals surface area (Å²) in [5.41, 5.74) is 5.40. The number of anilines is 1. The fourth-order valence-corrected chi connectivity index (χ4v) is 0.963. The summed E-state index contributed by atoms with van der Waals surface area (Å²) in [5, 5.41) is 9.50. The molecule has 94 valence electrons. The van der Waals surface area contributed by atoms with E-state index in [1.807, 2.05) is 0 Å². The Morgan fingerprint density at radius 1 is 1.47 bits per heavy atom. The highest BCUT2D eigenvalue weighted by atomic mass is 19.3. The van der Waals surface area contributed by atoms with Crippen molar-refractivity contribution in [2.24, 2.45) is 0 Å². The third-order valence-electron chi connectivity index (χ3n) is 1.69. The van der Waals surface area contributed by atoms with Gasteiger partial charge < -0.3 is 15.8 Å². The molecule has 0 aromatic carbocycles. The quantitative estimate of drug-likeness (QED) is 0.693. The van der Waals surface area contributed by atoms with E-state index in [9.17, 15) is 13.6 Å². The van der Waals surface area contributed by atoms with E-state index in [4.69, 9.17) is 5.73 Å². The number of halogens is 2. The van der Waals surface area contributed by atoms with Gasteiger partial charge in [0.1, 0.15) is 12.4 Å². The normalized spacial score (nSPS) is 10.5. The molecule has 0 fully saturated rings. The Balaban J connectivity index is 2.23. The molecule has 1 aromatic rings. The molecule has 8 heteroatoms. The number of alkyl halides is 2. The van der Waals surface area contributed by atoms with E-state index in [0.717, 1.165) is 0 Å². The molecule has 0 aliphatic heterocycles. The van der Waals surface area contributed by atoms with Gasteiger partial charge in [0.25, 0.3) is 12.3 Å². The maximum Gasteiger partial charge on any atom is 0.271 e. The first-order valence-electron chi connectivity index (χ1n) is 4.83. The predicted octanol–water partition coefficient (Wildman–Crippen LogP) is 0.0703. The molecule has 1 aromatic heterocycles. The molecule has 6 nitrogen and oxygen atoms in total.